The maximum atomic E-state index is 11.9. The fraction of sp³-hybridized carbons (Fsp3) is 0.667. The molecular formula is C12H17ClN2O3. The van der Waals surface area contributed by atoms with E-state index in [4.69, 9.17) is 21.1 Å². The quantitative estimate of drug-likeness (QED) is 0.815. The van der Waals surface area contributed by atoms with E-state index in [1.54, 1.807) is 11.7 Å². The molecule has 0 radical (unpaired) electrons. The van der Waals surface area contributed by atoms with Gasteiger partial charge in [0, 0.05) is 7.05 Å². The molecule has 100 valence electrons. The van der Waals surface area contributed by atoms with Crippen LogP contribution in [0.2, 0.25) is 5.02 Å². The summed E-state index contributed by atoms with van der Waals surface area (Å²) in [7, 11) is 1.80. The van der Waals surface area contributed by atoms with Crippen molar-refractivity contribution in [2.24, 2.45) is 7.05 Å². The summed E-state index contributed by atoms with van der Waals surface area (Å²) < 4.78 is 12.2. The molecule has 0 saturated carbocycles. The third-order valence-electron chi connectivity index (χ3n) is 2.95. The Kier molecular flexibility index (Phi) is 4.37. The van der Waals surface area contributed by atoms with E-state index in [1.165, 1.54) is 0 Å². The molecule has 1 aromatic heterocycles. The van der Waals surface area contributed by atoms with E-state index in [0.29, 0.717) is 18.2 Å². The molecule has 0 N–H and O–H groups in total. The topological polar surface area (TPSA) is 53.4 Å². The van der Waals surface area contributed by atoms with Gasteiger partial charge in [-0.05, 0) is 6.42 Å². The van der Waals surface area contributed by atoms with Crippen LogP contribution in [0.1, 0.15) is 24.7 Å². The minimum Gasteiger partial charge on any atom is -0.350 e. The van der Waals surface area contributed by atoms with Crippen LogP contribution in [0.25, 0.3) is 0 Å². The zero-order valence-corrected chi connectivity index (χ0v) is 11.4. The Morgan fingerprint density at radius 3 is 2.72 bits per heavy atom. The first-order valence-electron chi connectivity index (χ1n) is 6.07. The number of ether oxygens (including phenoxy) is 2. The molecule has 1 fully saturated rings. The lowest BCUT2D eigenvalue weighted by Crippen LogP contribution is -2.17. The Morgan fingerprint density at radius 2 is 2.17 bits per heavy atom. The third-order valence-corrected chi connectivity index (χ3v) is 3.39. The number of hydrogen-bond acceptors (Lipinski definition) is 4. The van der Waals surface area contributed by atoms with Crippen LogP contribution in [0.4, 0.5) is 0 Å². The number of aromatic nitrogens is 2. The number of aryl methyl sites for hydroxylation is 2. The number of nitrogens with zero attached hydrogens (tertiary/aromatic N) is 2. The number of halogens is 1. The fourth-order valence-electron chi connectivity index (χ4n) is 1.98. The SMILES string of the molecule is CCc1nn(C)c(CC(=O)CC2OCCO2)c1Cl. The summed E-state index contributed by atoms with van der Waals surface area (Å²) in [5.41, 5.74) is 1.59. The van der Waals surface area contributed by atoms with Gasteiger partial charge >= 0.3 is 0 Å². The van der Waals surface area contributed by atoms with Gasteiger partial charge in [-0.25, -0.2) is 0 Å². The van der Waals surface area contributed by atoms with Crippen LogP contribution < -0.4 is 0 Å². The maximum Gasteiger partial charge on any atom is 0.164 e. The first kappa shape index (κ1) is 13.5. The summed E-state index contributed by atoms with van der Waals surface area (Å²) in [4.78, 5) is 11.9. The van der Waals surface area contributed by atoms with Gasteiger partial charge in [-0.2, -0.15) is 5.10 Å². The van der Waals surface area contributed by atoms with Crippen LogP contribution >= 0.6 is 11.6 Å². The summed E-state index contributed by atoms with van der Waals surface area (Å²) in [6.45, 7) is 3.11. The van der Waals surface area contributed by atoms with Crippen molar-refractivity contribution in [3.63, 3.8) is 0 Å². The van der Waals surface area contributed by atoms with Crippen LogP contribution in [0, 0.1) is 0 Å². The smallest absolute Gasteiger partial charge is 0.164 e. The van der Waals surface area contributed by atoms with Gasteiger partial charge in [0.15, 0.2) is 6.29 Å². The number of hydrogen-bond donors (Lipinski definition) is 0. The molecule has 0 aliphatic carbocycles. The van der Waals surface area contributed by atoms with Crippen molar-refractivity contribution < 1.29 is 14.3 Å². The van der Waals surface area contributed by atoms with E-state index >= 15 is 0 Å². The second-order valence-electron chi connectivity index (χ2n) is 4.28. The van der Waals surface area contributed by atoms with Crippen molar-refractivity contribution in [1.82, 2.24) is 9.78 Å². The number of carbonyl (C=O) groups excluding carboxylic acids is 1. The lowest BCUT2D eigenvalue weighted by molar-refractivity contribution is -0.126. The van der Waals surface area contributed by atoms with Gasteiger partial charge in [-0.3, -0.25) is 9.48 Å². The minimum atomic E-state index is -0.393. The second kappa shape index (κ2) is 5.82. The summed E-state index contributed by atoms with van der Waals surface area (Å²) in [5.74, 6) is 0.0504. The molecule has 2 rings (SSSR count). The molecule has 0 spiro atoms. The fourth-order valence-corrected chi connectivity index (χ4v) is 2.34. The highest BCUT2D eigenvalue weighted by atomic mass is 35.5. The van der Waals surface area contributed by atoms with Crippen molar-refractivity contribution >= 4 is 17.4 Å². The average Bonchev–Trinajstić information content (AvgIpc) is 2.92. The van der Waals surface area contributed by atoms with Crippen molar-refractivity contribution in [3.8, 4) is 0 Å². The van der Waals surface area contributed by atoms with Gasteiger partial charge < -0.3 is 9.47 Å². The highest BCUT2D eigenvalue weighted by Gasteiger charge is 2.22. The van der Waals surface area contributed by atoms with Gasteiger partial charge in [0.1, 0.15) is 5.78 Å². The molecule has 6 heteroatoms. The molecule has 1 saturated heterocycles. The van der Waals surface area contributed by atoms with Gasteiger partial charge in [0.25, 0.3) is 0 Å². The number of rotatable bonds is 5. The molecule has 0 atom stereocenters. The summed E-state index contributed by atoms with van der Waals surface area (Å²) in [6, 6.07) is 0. The monoisotopic (exact) mass is 272 g/mol. The van der Waals surface area contributed by atoms with Crippen molar-refractivity contribution in [2.45, 2.75) is 32.5 Å². The molecule has 1 aliphatic rings. The third kappa shape index (κ3) is 2.91. The van der Waals surface area contributed by atoms with Crippen LogP contribution in [0.3, 0.4) is 0 Å². The molecule has 5 nitrogen and oxygen atoms in total. The number of ketones is 1. The molecule has 0 aromatic carbocycles. The Labute approximate surface area is 111 Å². The zero-order chi connectivity index (χ0) is 13.1. The Morgan fingerprint density at radius 1 is 1.50 bits per heavy atom. The molecule has 18 heavy (non-hydrogen) atoms. The van der Waals surface area contributed by atoms with Gasteiger partial charge in [0.05, 0.1) is 42.5 Å². The molecule has 0 amide bonds. The van der Waals surface area contributed by atoms with Crippen LogP contribution in [0.15, 0.2) is 0 Å². The van der Waals surface area contributed by atoms with Gasteiger partial charge in [0.2, 0.25) is 0 Å². The lowest BCUT2D eigenvalue weighted by Gasteiger charge is -2.08. The standard InChI is InChI=1S/C12H17ClN2O3/c1-3-9-12(13)10(15(2)14-9)6-8(16)7-11-17-4-5-18-11/h11H,3-7H2,1-2H3. The van der Waals surface area contributed by atoms with Crippen LogP contribution in [-0.4, -0.2) is 35.1 Å². The van der Waals surface area contributed by atoms with Crippen LogP contribution in [0.5, 0.6) is 0 Å². The Balaban J connectivity index is 1.99. The molecule has 1 aliphatic heterocycles. The number of carbonyl (C=O) groups is 1. The predicted octanol–water partition coefficient (Wildman–Crippen LogP) is 1.51. The number of Topliss-reactive ketones (excluding diaryl/α,β-unsaturated/α-hetero) is 1. The maximum absolute atomic E-state index is 11.9. The van der Waals surface area contributed by atoms with Crippen molar-refractivity contribution in [1.29, 1.82) is 0 Å². The summed E-state index contributed by atoms with van der Waals surface area (Å²) in [6.07, 6.45) is 0.902. The first-order valence-corrected chi connectivity index (χ1v) is 6.44. The van der Waals surface area contributed by atoms with Crippen molar-refractivity contribution in [2.75, 3.05) is 13.2 Å². The van der Waals surface area contributed by atoms with E-state index in [0.717, 1.165) is 17.8 Å². The molecule has 0 bridgehead atoms. The summed E-state index contributed by atoms with van der Waals surface area (Å²) >= 11 is 6.19. The average molecular weight is 273 g/mol. The van der Waals surface area contributed by atoms with E-state index in [1.807, 2.05) is 6.92 Å². The van der Waals surface area contributed by atoms with E-state index < -0.39 is 6.29 Å². The molecule has 1 aromatic rings. The normalized spacial score (nSPS) is 16.4. The highest BCUT2D eigenvalue weighted by Crippen LogP contribution is 2.22. The lowest BCUT2D eigenvalue weighted by atomic mass is 10.1. The van der Waals surface area contributed by atoms with E-state index in [9.17, 15) is 4.79 Å². The Bertz CT molecular complexity index is 439. The predicted molar refractivity (Wildman–Crippen MR) is 66.6 cm³/mol. The second-order valence-corrected chi connectivity index (χ2v) is 4.65. The molecule has 2 heterocycles. The minimum absolute atomic E-state index is 0.0504. The van der Waals surface area contributed by atoms with Gasteiger partial charge in [-0.1, -0.05) is 18.5 Å². The van der Waals surface area contributed by atoms with E-state index in [2.05, 4.69) is 5.10 Å². The van der Waals surface area contributed by atoms with Crippen molar-refractivity contribution in [3.05, 3.63) is 16.4 Å². The van der Waals surface area contributed by atoms with E-state index in [-0.39, 0.29) is 18.6 Å². The molecule has 0 unspecified atom stereocenters. The highest BCUT2D eigenvalue weighted by molar-refractivity contribution is 6.32. The van der Waals surface area contributed by atoms with Crippen LogP contribution in [-0.2, 0) is 34.2 Å². The largest absolute Gasteiger partial charge is 0.350 e. The van der Waals surface area contributed by atoms with Gasteiger partial charge in [-0.15, -0.1) is 0 Å². The first-order chi connectivity index (χ1) is 8.61. The zero-order valence-electron chi connectivity index (χ0n) is 10.6. The summed E-state index contributed by atoms with van der Waals surface area (Å²) in [5, 5.41) is 4.88. The Hall–Kier alpha value is -0.910. The molecular weight excluding hydrogens is 256 g/mol.